The number of amides is 1. The molecule has 34 heavy (non-hydrogen) atoms. The number of hydrogen-bond acceptors (Lipinski definition) is 4. The minimum absolute atomic E-state index is 0.204. The Bertz CT molecular complexity index is 951. The SMILES string of the molecule is C/C=C\C=C(/N=Cc1ccc(Oc2ccc(F)cc2)cc1)C(=O)NCCN(C)CCCCCC. The first kappa shape index (κ1) is 27.0. The zero-order chi connectivity index (χ0) is 24.6. The van der Waals surface area contributed by atoms with Gasteiger partial charge < -0.3 is 15.0 Å². The molecular weight excluding hydrogens is 429 g/mol. The number of likely N-dealkylation sites (N-methyl/N-ethyl adjacent to an activating group) is 1. The van der Waals surface area contributed by atoms with Crippen molar-refractivity contribution in [3.63, 3.8) is 0 Å². The lowest BCUT2D eigenvalue weighted by Crippen LogP contribution is -2.34. The molecule has 1 N–H and O–H groups in total. The van der Waals surface area contributed by atoms with Gasteiger partial charge in [0.25, 0.3) is 5.91 Å². The molecule has 0 spiro atoms. The highest BCUT2D eigenvalue weighted by molar-refractivity contribution is 5.96. The third-order valence-electron chi connectivity index (χ3n) is 5.13. The molecule has 0 radical (unpaired) electrons. The van der Waals surface area contributed by atoms with E-state index in [4.69, 9.17) is 4.74 Å². The minimum atomic E-state index is -0.306. The van der Waals surface area contributed by atoms with Crippen LogP contribution in [0.5, 0.6) is 11.5 Å². The molecule has 0 aliphatic heterocycles. The van der Waals surface area contributed by atoms with Crippen molar-refractivity contribution in [2.24, 2.45) is 4.99 Å². The van der Waals surface area contributed by atoms with Crippen LogP contribution in [0.25, 0.3) is 0 Å². The lowest BCUT2D eigenvalue weighted by molar-refractivity contribution is -0.117. The summed E-state index contributed by atoms with van der Waals surface area (Å²) < 4.78 is 18.7. The molecule has 0 saturated heterocycles. The molecule has 0 saturated carbocycles. The number of aliphatic imine (C=N–C) groups is 1. The number of nitrogens with one attached hydrogen (secondary N) is 1. The summed E-state index contributed by atoms with van der Waals surface area (Å²) in [6.45, 7) is 6.51. The lowest BCUT2D eigenvalue weighted by Gasteiger charge is -2.16. The Morgan fingerprint density at radius 2 is 1.71 bits per heavy atom. The molecule has 6 heteroatoms. The fourth-order valence-electron chi connectivity index (χ4n) is 3.14. The molecule has 0 atom stereocenters. The molecule has 2 aromatic rings. The Hall–Kier alpha value is -3.25. The second-order valence-electron chi connectivity index (χ2n) is 8.08. The van der Waals surface area contributed by atoms with Crippen molar-refractivity contribution in [1.82, 2.24) is 10.2 Å². The number of ether oxygens (including phenoxy) is 1. The number of rotatable bonds is 14. The number of nitrogens with zero attached hydrogens (tertiary/aromatic N) is 2. The summed E-state index contributed by atoms with van der Waals surface area (Å²) in [5.74, 6) is 0.678. The predicted octanol–water partition coefficient (Wildman–Crippen LogP) is 6.13. The number of unbranched alkanes of at least 4 members (excludes halogenated alkanes) is 3. The van der Waals surface area contributed by atoms with Gasteiger partial charge in [-0.15, -0.1) is 0 Å². The molecular formula is C28H36FN3O2. The number of benzene rings is 2. The molecule has 0 fully saturated rings. The first-order valence-corrected chi connectivity index (χ1v) is 11.9. The Morgan fingerprint density at radius 3 is 2.35 bits per heavy atom. The van der Waals surface area contributed by atoms with Crippen LogP contribution in [-0.4, -0.2) is 43.7 Å². The lowest BCUT2D eigenvalue weighted by atomic mass is 10.2. The van der Waals surface area contributed by atoms with Gasteiger partial charge in [0.15, 0.2) is 0 Å². The van der Waals surface area contributed by atoms with E-state index in [1.807, 2.05) is 25.1 Å². The smallest absolute Gasteiger partial charge is 0.269 e. The molecule has 0 aromatic heterocycles. The van der Waals surface area contributed by atoms with Crippen molar-refractivity contribution in [1.29, 1.82) is 0 Å². The molecule has 0 bridgehead atoms. The molecule has 2 aromatic carbocycles. The standard InChI is InChI=1S/C28H36FN3O2/c1-4-6-8-9-20-32(3)21-19-30-28(33)27(10-7-5-2)31-22-23-11-15-25(16-12-23)34-26-17-13-24(29)14-18-26/h5,7,10-18,22H,4,6,8-9,19-21H2,1-3H3,(H,30,33)/b7-5-,27-10-,31-22?. The van der Waals surface area contributed by atoms with E-state index in [0.717, 1.165) is 18.7 Å². The maximum atomic E-state index is 13.0. The topological polar surface area (TPSA) is 53.9 Å². The van der Waals surface area contributed by atoms with E-state index >= 15 is 0 Å². The number of hydrogen-bond donors (Lipinski definition) is 1. The van der Waals surface area contributed by atoms with Gasteiger partial charge in [0.1, 0.15) is 23.0 Å². The van der Waals surface area contributed by atoms with E-state index in [9.17, 15) is 9.18 Å². The van der Waals surface area contributed by atoms with Crippen LogP contribution in [0.1, 0.15) is 45.1 Å². The Morgan fingerprint density at radius 1 is 1.03 bits per heavy atom. The maximum Gasteiger partial charge on any atom is 0.269 e. The van der Waals surface area contributed by atoms with E-state index in [2.05, 4.69) is 29.2 Å². The summed E-state index contributed by atoms with van der Waals surface area (Å²) in [5.41, 5.74) is 1.17. The molecule has 2 rings (SSSR count). The highest BCUT2D eigenvalue weighted by Crippen LogP contribution is 2.21. The van der Waals surface area contributed by atoms with E-state index in [-0.39, 0.29) is 11.7 Å². The predicted molar refractivity (Wildman–Crippen MR) is 138 cm³/mol. The molecule has 1 amide bonds. The van der Waals surface area contributed by atoms with Crippen LogP contribution in [-0.2, 0) is 4.79 Å². The van der Waals surface area contributed by atoms with Crippen LogP contribution in [0.3, 0.4) is 0 Å². The average Bonchev–Trinajstić information content (AvgIpc) is 2.84. The molecule has 0 aliphatic carbocycles. The summed E-state index contributed by atoms with van der Waals surface area (Å²) in [4.78, 5) is 19.3. The Balaban J connectivity index is 1.89. The molecule has 0 aliphatic rings. The van der Waals surface area contributed by atoms with E-state index in [1.54, 1.807) is 42.6 Å². The fourth-order valence-corrected chi connectivity index (χ4v) is 3.14. The van der Waals surface area contributed by atoms with Gasteiger partial charge >= 0.3 is 0 Å². The van der Waals surface area contributed by atoms with E-state index in [1.165, 1.54) is 37.8 Å². The monoisotopic (exact) mass is 465 g/mol. The average molecular weight is 466 g/mol. The molecule has 0 heterocycles. The van der Waals surface area contributed by atoms with Gasteiger partial charge in [-0.1, -0.05) is 38.3 Å². The summed E-state index contributed by atoms with van der Waals surface area (Å²) in [6, 6.07) is 13.2. The first-order valence-electron chi connectivity index (χ1n) is 11.9. The second-order valence-corrected chi connectivity index (χ2v) is 8.08. The second kappa shape index (κ2) is 15.6. The quantitative estimate of drug-likeness (QED) is 0.158. The highest BCUT2D eigenvalue weighted by Gasteiger charge is 2.07. The van der Waals surface area contributed by atoms with Crippen molar-refractivity contribution in [2.45, 2.75) is 39.5 Å². The van der Waals surface area contributed by atoms with Crippen LogP contribution in [0.4, 0.5) is 4.39 Å². The van der Waals surface area contributed by atoms with E-state index < -0.39 is 0 Å². The molecule has 5 nitrogen and oxygen atoms in total. The van der Waals surface area contributed by atoms with Crippen molar-refractivity contribution in [3.8, 4) is 11.5 Å². The summed E-state index contributed by atoms with van der Waals surface area (Å²) in [5, 5.41) is 2.96. The first-order chi connectivity index (χ1) is 16.5. The molecule has 0 unspecified atom stereocenters. The van der Waals surface area contributed by atoms with Crippen LogP contribution < -0.4 is 10.1 Å². The molecule has 182 valence electrons. The largest absolute Gasteiger partial charge is 0.457 e. The van der Waals surface area contributed by atoms with Crippen LogP contribution >= 0.6 is 0 Å². The fraction of sp³-hybridized carbons (Fsp3) is 0.357. The van der Waals surface area contributed by atoms with Crippen molar-refractivity contribution < 1.29 is 13.9 Å². The summed E-state index contributed by atoms with van der Waals surface area (Å²) in [7, 11) is 2.08. The normalized spacial score (nSPS) is 12.1. The van der Waals surface area contributed by atoms with Crippen molar-refractivity contribution in [3.05, 3.63) is 83.8 Å². The Labute approximate surface area is 203 Å². The third kappa shape index (κ3) is 10.6. The number of allylic oxidation sites excluding steroid dienone is 3. The van der Waals surface area contributed by atoms with Crippen molar-refractivity contribution in [2.75, 3.05) is 26.7 Å². The van der Waals surface area contributed by atoms with Gasteiger partial charge in [0, 0.05) is 19.3 Å². The number of carbonyl (C=O) groups excluding carboxylic acids is 1. The highest BCUT2D eigenvalue weighted by atomic mass is 19.1. The number of halogens is 1. The summed E-state index contributed by atoms with van der Waals surface area (Å²) >= 11 is 0. The van der Waals surface area contributed by atoms with Gasteiger partial charge in [0.05, 0.1) is 0 Å². The minimum Gasteiger partial charge on any atom is -0.457 e. The third-order valence-corrected chi connectivity index (χ3v) is 5.13. The van der Waals surface area contributed by atoms with Crippen molar-refractivity contribution >= 4 is 12.1 Å². The Kier molecular flexibility index (Phi) is 12.4. The number of carbonyl (C=O) groups is 1. The zero-order valence-corrected chi connectivity index (χ0v) is 20.5. The van der Waals surface area contributed by atoms with Gasteiger partial charge in [-0.05, 0) is 87.1 Å². The van der Waals surface area contributed by atoms with Gasteiger partial charge in [-0.25, -0.2) is 4.39 Å². The van der Waals surface area contributed by atoms with Gasteiger partial charge in [-0.3, -0.25) is 9.79 Å². The summed E-state index contributed by atoms with van der Waals surface area (Å²) in [6.07, 6.45) is 11.9. The van der Waals surface area contributed by atoms with Gasteiger partial charge in [0.2, 0.25) is 0 Å². The van der Waals surface area contributed by atoms with Crippen LogP contribution in [0.2, 0.25) is 0 Å². The van der Waals surface area contributed by atoms with Crippen LogP contribution in [0.15, 0.2) is 77.4 Å². The van der Waals surface area contributed by atoms with Crippen LogP contribution in [0, 0.1) is 5.82 Å². The zero-order valence-electron chi connectivity index (χ0n) is 20.5. The van der Waals surface area contributed by atoms with Gasteiger partial charge in [-0.2, -0.15) is 0 Å². The van der Waals surface area contributed by atoms with E-state index in [0.29, 0.717) is 23.7 Å². The maximum absolute atomic E-state index is 13.0.